The molecule has 1 aromatic carbocycles. The van der Waals surface area contributed by atoms with Gasteiger partial charge in [0.05, 0.1) is 17.1 Å². The highest BCUT2D eigenvalue weighted by Gasteiger charge is 2.23. The number of nitrogens with zero attached hydrogens (tertiary/aromatic N) is 2. The molecule has 1 aliphatic rings. The van der Waals surface area contributed by atoms with E-state index in [1.807, 2.05) is 16.3 Å². The summed E-state index contributed by atoms with van der Waals surface area (Å²) in [5.41, 5.74) is 1.63. The topological polar surface area (TPSA) is 45.2 Å². The van der Waals surface area contributed by atoms with Gasteiger partial charge in [-0.25, -0.2) is 4.98 Å². The molecule has 9 heteroatoms. The van der Waals surface area contributed by atoms with Crippen molar-refractivity contribution in [1.82, 2.24) is 15.2 Å². The minimum Gasteiger partial charge on any atom is -0.337 e. The third kappa shape index (κ3) is 5.46. The van der Waals surface area contributed by atoms with Crippen LogP contribution in [0.5, 0.6) is 0 Å². The lowest BCUT2D eigenvalue weighted by atomic mass is 10.2. The molecule has 1 fully saturated rings. The number of hydrogen-bond acceptors (Lipinski definition) is 4. The summed E-state index contributed by atoms with van der Waals surface area (Å²) in [6.07, 6.45) is 0.325. The molecule has 25 heavy (non-hydrogen) atoms. The van der Waals surface area contributed by atoms with Gasteiger partial charge < -0.3 is 10.2 Å². The van der Waals surface area contributed by atoms with E-state index < -0.39 is 0 Å². The predicted octanol–water partition coefficient (Wildman–Crippen LogP) is 4.32. The summed E-state index contributed by atoms with van der Waals surface area (Å²) < 4.78 is 0. The molecule has 3 rings (SSSR count). The number of piperazine rings is 1. The summed E-state index contributed by atoms with van der Waals surface area (Å²) in [7, 11) is 0. The van der Waals surface area contributed by atoms with E-state index in [-0.39, 0.29) is 36.8 Å². The van der Waals surface area contributed by atoms with Crippen LogP contribution in [0.1, 0.15) is 12.6 Å². The molecule has 0 aliphatic carbocycles. The Labute approximate surface area is 173 Å². The van der Waals surface area contributed by atoms with E-state index in [0.29, 0.717) is 16.5 Å². The molecule has 0 spiro atoms. The maximum atomic E-state index is 12.5. The Kier molecular flexibility index (Phi) is 8.95. The molecule has 1 atom stereocenters. The molecule has 2 heterocycles. The van der Waals surface area contributed by atoms with Gasteiger partial charge in [-0.05, 0) is 25.1 Å². The standard InChI is InChI=1S/C16H17Cl2N3OS.2ClH/c1-10-8-19-4-5-21(10)15(22)7-12-9-23-16(20-12)13-3-2-11(17)6-14(13)18;;/h2-3,6,9-10,19H,4-5,7-8H2,1H3;2*1H/t10-;;/m0../s1. The molecule has 1 aromatic heterocycles. The van der Waals surface area contributed by atoms with Crippen molar-refractivity contribution in [1.29, 1.82) is 0 Å². The third-order valence-corrected chi connectivity index (χ3v) is 5.34. The summed E-state index contributed by atoms with van der Waals surface area (Å²) in [5.74, 6) is 0.123. The zero-order chi connectivity index (χ0) is 16.4. The number of halogens is 4. The molecule has 1 N–H and O–H groups in total. The zero-order valence-corrected chi connectivity index (χ0v) is 17.5. The fraction of sp³-hybridized carbons (Fsp3) is 0.375. The minimum atomic E-state index is 0. The van der Waals surface area contributed by atoms with Crippen LogP contribution < -0.4 is 5.32 Å². The molecular weight excluding hydrogens is 424 g/mol. The fourth-order valence-electron chi connectivity index (χ4n) is 2.64. The van der Waals surface area contributed by atoms with Crippen molar-refractivity contribution in [3.05, 3.63) is 39.3 Å². The van der Waals surface area contributed by atoms with Gasteiger partial charge in [0.2, 0.25) is 5.91 Å². The maximum absolute atomic E-state index is 12.5. The first-order valence-electron chi connectivity index (χ1n) is 7.44. The van der Waals surface area contributed by atoms with Crippen LogP contribution in [0.4, 0.5) is 0 Å². The lowest BCUT2D eigenvalue weighted by Crippen LogP contribution is -2.52. The van der Waals surface area contributed by atoms with Crippen LogP contribution in [-0.4, -0.2) is 41.5 Å². The highest BCUT2D eigenvalue weighted by atomic mass is 35.5. The zero-order valence-electron chi connectivity index (χ0n) is 13.5. The average molecular weight is 443 g/mol. The second-order valence-electron chi connectivity index (χ2n) is 5.59. The maximum Gasteiger partial charge on any atom is 0.228 e. The number of amides is 1. The highest BCUT2D eigenvalue weighted by molar-refractivity contribution is 7.13. The SMILES string of the molecule is C[C@H]1CNCCN1C(=O)Cc1csc(-c2ccc(Cl)cc2Cl)n1.Cl.Cl. The summed E-state index contributed by atoms with van der Waals surface area (Å²) in [4.78, 5) is 18.9. The molecule has 0 saturated carbocycles. The average Bonchev–Trinajstić information content (AvgIpc) is 2.95. The molecule has 1 aliphatic heterocycles. The Hall–Kier alpha value is -0.560. The van der Waals surface area contributed by atoms with Crippen LogP contribution in [-0.2, 0) is 11.2 Å². The van der Waals surface area contributed by atoms with Crippen LogP contribution in [0.3, 0.4) is 0 Å². The van der Waals surface area contributed by atoms with Crippen molar-refractivity contribution < 1.29 is 4.79 Å². The van der Waals surface area contributed by atoms with E-state index in [1.54, 1.807) is 12.1 Å². The van der Waals surface area contributed by atoms with Gasteiger partial charge in [0, 0.05) is 41.6 Å². The second-order valence-corrected chi connectivity index (χ2v) is 7.29. The Morgan fingerprint density at radius 3 is 2.84 bits per heavy atom. The van der Waals surface area contributed by atoms with E-state index >= 15 is 0 Å². The minimum absolute atomic E-state index is 0. The quantitative estimate of drug-likeness (QED) is 0.769. The van der Waals surface area contributed by atoms with Gasteiger partial charge in [-0.2, -0.15) is 0 Å². The van der Waals surface area contributed by atoms with Crippen molar-refractivity contribution >= 4 is 65.3 Å². The van der Waals surface area contributed by atoms with Gasteiger partial charge in [0.25, 0.3) is 0 Å². The largest absolute Gasteiger partial charge is 0.337 e. The van der Waals surface area contributed by atoms with Gasteiger partial charge in [0.1, 0.15) is 5.01 Å². The number of hydrogen-bond donors (Lipinski definition) is 1. The van der Waals surface area contributed by atoms with Gasteiger partial charge in [-0.3, -0.25) is 4.79 Å². The van der Waals surface area contributed by atoms with Crippen LogP contribution in [0.15, 0.2) is 23.6 Å². The van der Waals surface area contributed by atoms with Crippen LogP contribution >= 0.6 is 59.4 Å². The van der Waals surface area contributed by atoms with Crippen molar-refractivity contribution in [3.8, 4) is 10.6 Å². The van der Waals surface area contributed by atoms with E-state index in [9.17, 15) is 4.79 Å². The van der Waals surface area contributed by atoms with Gasteiger partial charge >= 0.3 is 0 Å². The first kappa shape index (κ1) is 22.5. The van der Waals surface area contributed by atoms with Crippen LogP contribution in [0.2, 0.25) is 10.0 Å². The number of carbonyl (C=O) groups excluding carboxylic acids is 1. The monoisotopic (exact) mass is 441 g/mol. The van der Waals surface area contributed by atoms with Crippen LogP contribution in [0, 0.1) is 0 Å². The van der Waals surface area contributed by atoms with E-state index in [1.165, 1.54) is 11.3 Å². The van der Waals surface area contributed by atoms with E-state index in [4.69, 9.17) is 23.2 Å². The molecule has 2 aromatic rings. The molecule has 1 saturated heterocycles. The first-order valence-corrected chi connectivity index (χ1v) is 9.08. The van der Waals surface area contributed by atoms with Gasteiger partial charge in [0.15, 0.2) is 0 Å². The summed E-state index contributed by atoms with van der Waals surface area (Å²) in [6.45, 7) is 4.50. The Morgan fingerprint density at radius 1 is 1.40 bits per heavy atom. The predicted molar refractivity (Wildman–Crippen MR) is 110 cm³/mol. The lowest BCUT2D eigenvalue weighted by molar-refractivity contribution is -0.133. The number of thiazole rings is 1. The Balaban J connectivity index is 0.00000156. The normalized spacial score (nSPS) is 16.8. The van der Waals surface area contributed by atoms with Crippen molar-refractivity contribution in [2.24, 2.45) is 0 Å². The van der Waals surface area contributed by atoms with E-state index in [2.05, 4.69) is 17.2 Å². The molecule has 1 amide bonds. The third-order valence-electron chi connectivity index (χ3n) is 3.87. The molecule has 0 bridgehead atoms. The van der Waals surface area contributed by atoms with Crippen molar-refractivity contribution in [2.75, 3.05) is 19.6 Å². The fourth-order valence-corrected chi connectivity index (χ4v) is 4.06. The highest BCUT2D eigenvalue weighted by Crippen LogP contribution is 2.32. The number of benzene rings is 1. The molecule has 0 radical (unpaired) electrons. The van der Waals surface area contributed by atoms with Gasteiger partial charge in [-0.1, -0.05) is 23.2 Å². The van der Waals surface area contributed by atoms with Crippen LogP contribution in [0.25, 0.3) is 10.6 Å². The summed E-state index contributed by atoms with van der Waals surface area (Å²) in [6, 6.07) is 5.57. The molecule has 138 valence electrons. The number of aromatic nitrogens is 1. The Bertz CT molecular complexity index is 725. The van der Waals surface area contributed by atoms with Gasteiger partial charge in [-0.15, -0.1) is 36.2 Å². The smallest absolute Gasteiger partial charge is 0.228 e. The Morgan fingerprint density at radius 2 is 2.16 bits per heavy atom. The summed E-state index contributed by atoms with van der Waals surface area (Å²) >= 11 is 13.6. The number of carbonyl (C=O) groups is 1. The van der Waals surface area contributed by atoms with E-state index in [0.717, 1.165) is 35.9 Å². The van der Waals surface area contributed by atoms with Crippen molar-refractivity contribution in [3.63, 3.8) is 0 Å². The second kappa shape index (κ2) is 9.95. The summed E-state index contributed by atoms with van der Waals surface area (Å²) in [5, 5.41) is 7.18. The van der Waals surface area contributed by atoms with Crippen molar-refractivity contribution in [2.45, 2.75) is 19.4 Å². The first-order chi connectivity index (χ1) is 11.0. The molecule has 4 nitrogen and oxygen atoms in total. The molecule has 0 unspecified atom stereocenters. The molecular formula is C16H19Cl4N3OS. The number of rotatable bonds is 3. The lowest BCUT2D eigenvalue weighted by Gasteiger charge is -2.33. The number of nitrogens with one attached hydrogen (secondary N) is 1.